The van der Waals surface area contributed by atoms with Crippen LogP contribution in [0.25, 0.3) is 0 Å². The van der Waals surface area contributed by atoms with Crippen molar-refractivity contribution in [2.45, 2.75) is 12.8 Å². The Hall–Kier alpha value is -2.37. The number of aryl methyl sites for hydroxylation is 2. The van der Waals surface area contributed by atoms with Crippen LogP contribution in [0.4, 0.5) is 4.39 Å². The number of carbonyl (C=O) groups is 1. The number of aromatic carboxylic acids is 1. The molecule has 19 heavy (non-hydrogen) atoms. The van der Waals surface area contributed by atoms with Gasteiger partial charge in [-0.3, -0.25) is 0 Å². The molecule has 0 saturated carbocycles. The second-order valence-electron chi connectivity index (χ2n) is 4.13. The standard InChI is InChI=1S/C13H12FNO4/c1-15-10(11(12(16)17)13(18)19-15)7-4-8-2-5-9(14)6-3-8/h2-3,5-6H,4,7H2,1H3,(H,16,17). The van der Waals surface area contributed by atoms with Crippen LogP contribution < -0.4 is 5.63 Å². The highest BCUT2D eigenvalue weighted by Gasteiger charge is 2.21. The Morgan fingerprint density at radius 1 is 1.32 bits per heavy atom. The molecule has 0 unspecified atom stereocenters. The summed E-state index contributed by atoms with van der Waals surface area (Å²) >= 11 is 0. The summed E-state index contributed by atoms with van der Waals surface area (Å²) in [5.74, 6) is -1.63. The molecule has 2 aromatic rings. The number of carboxylic acids is 1. The van der Waals surface area contributed by atoms with Gasteiger partial charge in [-0.25, -0.2) is 18.7 Å². The van der Waals surface area contributed by atoms with Crippen molar-refractivity contribution in [3.8, 4) is 0 Å². The number of carboxylic acid groups (broad SMARTS) is 1. The molecular weight excluding hydrogens is 253 g/mol. The zero-order valence-electron chi connectivity index (χ0n) is 10.2. The molecule has 0 aliphatic heterocycles. The number of rotatable bonds is 4. The largest absolute Gasteiger partial charge is 0.477 e. The van der Waals surface area contributed by atoms with Crippen molar-refractivity contribution >= 4 is 5.97 Å². The molecule has 100 valence electrons. The van der Waals surface area contributed by atoms with Crippen LogP contribution in [-0.2, 0) is 19.9 Å². The highest BCUT2D eigenvalue weighted by atomic mass is 19.1. The number of hydrogen-bond donors (Lipinski definition) is 1. The van der Waals surface area contributed by atoms with Gasteiger partial charge < -0.3 is 9.63 Å². The first kappa shape index (κ1) is 13.1. The third kappa shape index (κ3) is 2.73. The van der Waals surface area contributed by atoms with E-state index in [0.29, 0.717) is 18.5 Å². The van der Waals surface area contributed by atoms with Gasteiger partial charge >= 0.3 is 11.6 Å². The van der Waals surface area contributed by atoms with Gasteiger partial charge in [0.05, 0.1) is 5.69 Å². The highest BCUT2D eigenvalue weighted by Crippen LogP contribution is 2.11. The topological polar surface area (TPSA) is 72.4 Å². The lowest BCUT2D eigenvalue weighted by Gasteiger charge is -2.03. The van der Waals surface area contributed by atoms with Crippen LogP contribution in [-0.4, -0.2) is 15.8 Å². The SMILES string of the molecule is Cn1oc(=O)c(C(=O)O)c1CCc1ccc(F)cc1. The van der Waals surface area contributed by atoms with Gasteiger partial charge in [0.25, 0.3) is 0 Å². The molecule has 0 radical (unpaired) electrons. The van der Waals surface area contributed by atoms with Crippen molar-refractivity contribution in [1.29, 1.82) is 0 Å². The summed E-state index contributed by atoms with van der Waals surface area (Å²) in [5, 5.41) is 8.97. The van der Waals surface area contributed by atoms with Crippen LogP contribution in [0.1, 0.15) is 21.6 Å². The maximum Gasteiger partial charge on any atom is 0.372 e. The van der Waals surface area contributed by atoms with Crippen molar-refractivity contribution in [2.75, 3.05) is 0 Å². The van der Waals surface area contributed by atoms with Gasteiger partial charge in [0, 0.05) is 7.05 Å². The van der Waals surface area contributed by atoms with Crippen molar-refractivity contribution in [1.82, 2.24) is 4.74 Å². The molecule has 6 heteroatoms. The number of halogens is 1. The van der Waals surface area contributed by atoms with Crippen molar-refractivity contribution in [2.24, 2.45) is 7.05 Å². The number of benzene rings is 1. The highest BCUT2D eigenvalue weighted by molar-refractivity contribution is 5.88. The summed E-state index contributed by atoms with van der Waals surface area (Å²) in [6, 6.07) is 5.91. The van der Waals surface area contributed by atoms with Gasteiger partial charge in [0.2, 0.25) is 0 Å². The maximum absolute atomic E-state index is 12.7. The summed E-state index contributed by atoms with van der Waals surface area (Å²) < 4.78 is 18.6. The van der Waals surface area contributed by atoms with E-state index >= 15 is 0 Å². The van der Waals surface area contributed by atoms with Gasteiger partial charge in [-0.1, -0.05) is 12.1 Å². The van der Waals surface area contributed by atoms with E-state index in [2.05, 4.69) is 0 Å². The summed E-state index contributed by atoms with van der Waals surface area (Å²) in [4.78, 5) is 22.3. The number of nitrogens with zero attached hydrogens (tertiary/aromatic N) is 1. The van der Waals surface area contributed by atoms with Gasteiger partial charge in [-0.15, -0.1) is 0 Å². The molecule has 2 rings (SSSR count). The first-order valence-electron chi connectivity index (χ1n) is 5.66. The van der Waals surface area contributed by atoms with E-state index in [-0.39, 0.29) is 11.4 Å². The Morgan fingerprint density at radius 3 is 2.53 bits per heavy atom. The van der Waals surface area contributed by atoms with E-state index in [1.165, 1.54) is 19.2 Å². The minimum Gasteiger partial charge on any atom is -0.477 e. The summed E-state index contributed by atoms with van der Waals surface area (Å²) in [5.41, 5.74) is -0.0260. The minimum atomic E-state index is -1.30. The third-order valence-electron chi connectivity index (χ3n) is 2.87. The summed E-state index contributed by atoms with van der Waals surface area (Å²) in [6.07, 6.45) is 0.822. The van der Waals surface area contributed by atoms with Gasteiger partial charge in [0.15, 0.2) is 5.56 Å². The molecular formula is C13H12FNO4. The zero-order chi connectivity index (χ0) is 14.0. The van der Waals surface area contributed by atoms with Gasteiger partial charge in [-0.05, 0) is 30.5 Å². The molecule has 0 bridgehead atoms. The smallest absolute Gasteiger partial charge is 0.372 e. The number of hydrogen-bond acceptors (Lipinski definition) is 3. The fourth-order valence-electron chi connectivity index (χ4n) is 1.91. The van der Waals surface area contributed by atoms with Crippen LogP contribution in [0, 0.1) is 5.82 Å². The van der Waals surface area contributed by atoms with Crippen molar-refractivity contribution < 1.29 is 18.8 Å². The van der Waals surface area contributed by atoms with Crippen LogP contribution in [0.15, 0.2) is 33.6 Å². The van der Waals surface area contributed by atoms with Crippen LogP contribution in [0.3, 0.4) is 0 Å². The van der Waals surface area contributed by atoms with E-state index in [1.807, 2.05) is 0 Å². The molecule has 0 aliphatic rings. The molecule has 1 aromatic heterocycles. The molecule has 0 amide bonds. The lowest BCUT2D eigenvalue weighted by atomic mass is 10.1. The molecule has 5 nitrogen and oxygen atoms in total. The molecule has 0 spiro atoms. The predicted molar refractivity (Wildman–Crippen MR) is 64.7 cm³/mol. The van der Waals surface area contributed by atoms with Crippen molar-refractivity contribution in [3.63, 3.8) is 0 Å². The lowest BCUT2D eigenvalue weighted by Crippen LogP contribution is -2.12. The molecule has 0 atom stereocenters. The van der Waals surface area contributed by atoms with E-state index in [4.69, 9.17) is 9.63 Å². The summed E-state index contributed by atoms with van der Waals surface area (Å²) in [7, 11) is 1.48. The first-order chi connectivity index (χ1) is 8.99. The van der Waals surface area contributed by atoms with Gasteiger partial charge in [-0.2, -0.15) is 0 Å². The Balaban J connectivity index is 2.22. The quantitative estimate of drug-likeness (QED) is 0.911. The van der Waals surface area contributed by atoms with Crippen LogP contribution >= 0.6 is 0 Å². The lowest BCUT2D eigenvalue weighted by molar-refractivity contribution is 0.0693. The maximum atomic E-state index is 12.7. The predicted octanol–water partition coefficient (Wildman–Crippen LogP) is 1.60. The fraction of sp³-hybridized carbons (Fsp3) is 0.231. The molecule has 0 fully saturated rings. The molecule has 1 heterocycles. The molecule has 1 aromatic carbocycles. The second kappa shape index (κ2) is 5.09. The van der Waals surface area contributed by atoms with E-state index < -0.39 is 11.6 Å². The van der Waals surface area contributed by atoms with Crippen molar-refractivity contribution in [3.05, 3.63) is 57.3 Å². The second-order valence-corrected chi connectivity index (χ2v) is 4.13. The average Bonchev–Trinajstić information content (AvgIpc) is 2.63. The Labute approximate surface area is 107 Å². The number of aromatic nitrogens is 1. The molecule has 0 saturated heterocycles. The van der Waals surface area contributed by atoms with E-state index in [9.17, 15) is 14.0 Å². The fourth-order valence-corrected chi connectivity index (χ4v) is 1.91. The Kier molecular flexibility index (Phi) is 3.50. The minimum absolute atomic E-state index is 0.321. The third-order valence-corrected chi connectivity index (χ3v) is 2.87. The van der Waals surface area contributed by atoms with Gasteiger partial charge in [0.1, 0.15) is 5.82 Å². The van der Waals surface area contributed by atoms with Crippen LogP contribution in [0.2, 0.25) is 0 Å². The monoisotopic (exact) mass is 265 g/mol. The van der Waals surface area contributed by atoms with E-state index in [1.54, 1.807) is 12.1 Å². The molecule has 1 N–H and O–H groups in total. The Bertz CT molecular complexity index is 654. The normalized spacial score (nSPS) is 10.6. The van der Waals surface area contributed by atoms with E-state index in [0.717, 1.165) is 10.3 Å². The first-order valence-corrected chi connectivity index (χ1v) is 5.66. The molecule has 0 aliphatic carbocycles. The average molecular weight is 265 g/mol. The zero-order valence-corrected chi connectivity index (χ0v) is 10.2. The van der Waals surface area contributed by atoms with Crippen LogP contribution in [0.5, 0.6) is 0 Å². The summed E-state index contributed by atoms with van der Waals surface area (Å²) in [6.45, 7) is 0. The Morgan fingerprint density at radius 2 is 1.95 bits per heavy atom.